The summed E-state index contributed by atoms with van der Waals surface area (Å²) >= 11 is 1.31. The molecule has 2 saturated heterocycles. The molecule has 3 atom stereocenters. The van der Waals surface area contributed by atoms with Crippen LogP contribution in [0.5, 0.6) is 0 Å². The summed E-state index contributed by atoms with van der Waals surface area (Å²) in [7, 11) is 0. The van der Waals surface area contributed by atoms with E-state index in [0.29, 0.717) is 17.2 Å². The summed E-state index contributed by atoms with van der Waals surface area (Å²) in [5, 5.41) is 11.4. The number of carboxylic acids is 1. The van der Waals surface area contributed by atoms with Crippen molar-refractivity contribution in [2.45, 2.75) is 37.8 Å². The number of nitrogen functional groups attached to an aromatic ring is 1. The van der Waals surface area contributed by atoms with Gasteiger partial charge in [-0.15, -0.1) is 11.3 Å². The van der Waals surface area contributed by atoms with E-state index in [1.54, 1.807) is 10.3 Å². The summed E-state index contributed by atoms with van der Waals surface area (Å²) < 4.78 is 0. The Kier molecular flexibility index (Phi) is 2.93. The number of aliphatic carboxylic acids is 1. The van der Waals surface area contributed by atoms with Crippen molar-refractivity contribution in [1.29, 1.82) is 0 Å². The summed E-state index contributed by atoms with van der Waals surface area (Å²) in [5.41, 5.74) is 6.21. The number of thiazole rings is 1. The van der Waals surface area contributed by atoms with E-state index >= 15 is 0 Å². The Morgan fingerprint density at radius 2 is 2.32 bits per heavy atom. The molecule has 2 bridgehead atoms. The highest BCUT2D eigenvalue weighted by Crippen LogP contribution is 2.42. The number of hydrogen-bond acceptors (Lipinski definition) is 5. The lowest BCUT2D eigenvalue weighted by molar-refractivity contribution is -0.143. The van der Waals surface area contributed by atoms with Crippen LogP contribution in [0.4, 0.5) is 5.13 Å². The highest BCUT2D eigenvalue weighted by atomic mass is 32.1. The Morgan fingerprint density at radius 1 is 1.53 bits per heavy atom. The van der Waals surface area contributed by atoms with Crippen molar-refractivity contribution in [1.82, 2.24) is 9.88 Å². The van der Waals surface area contributed by atoms with Gasteiger partial charge in [0.1, 0.15) is 0 Å². The maximum absolute atomic E-state index is 12.3. The van der Waals surface area contributed by atoms with Crippen LogP contribution in [0, 0.1) is 5.92 Å². The Bertz CT molecular complexity index is 530. The van der Waals surface area contributed by atoms with Gasteiger partial charge in [0.25, 0.3) is 0 Å². The lowest BCUT2D eigenvalue weighted by atomic mass is 9.89. The first-order valence-electron chi connectivity index (χ1n) is 6.30. The first kappa shape index (κ1) is 12.4. The molecule has 1 aromatic rings. The van der Waals surface area contributed by atoms with E-state index in [1.165, 1.54) is 11.3 Å². The van der Waals surface area contributed by atoms with Crippen LogP contribution in [-0.4, -0.2) is 39.0 Å². The predicted molar refractivity (Wildman–Crippen MR) is 69.6 cm³/mol. The largest absolute Gasteiger partial charge is 0.481 e. The van der Waals surface area contributed by atoms with E-state index in [0.717, 1.165) is 12.8 Å². The zero-order valence-corrected chi connectivity index (χ0v) is 11.1. The second kappa shape index (κ2) is 4.48. The minimum atomic E-state index is -0.789. The van der Waals surface area contributed by atoms with Crippen LogP contribution in [0.3, 0.4) is 0 Å². The van der Waals surface area contributed by atoms with E-state index in [-0.39, 0.29) is 24.4 Å². The Morgan fingerprint density at radius 3 is 2.89 bits per heavy atom. The van der Waals surface area contributed by atoms with Crippen molar-refractivity contribution in [2.24, 2.45) is 5.92 Å². The Hall–Kier alpha value is -1.63. The van der Waals surface area contributed by atoms with Crippen molar-refractivity contribution < 1.29 is 14.7 Å². The van der Waals surface area contributed by atoms with Gasteiger partial charge in [0.05, 0.1) is 18.0 Å². The first-order valence-corrected chi connectivity index (χ1v) is 7.18. The third-order valence-electron chi connectivity index (χ3n) is 4.04. The maximum atomic E-state index is 12.3. The van der Waals surface area contributed by atoms with Crippen molar-refractivity contribution >= 4 is 28.3 Å². The van der Waals surface area contributed by atoms with Crippen LogP contribution >= 0.6 is 11.3 Å². The van der Waals surface area contributed by atoms with Crippen molar-refractivity contribution in [3.05, 3.63) is 11.1 Å². The molecule has 3 unspecified atom stereocenters. The molecule has 2 aliphatic rings. The average molecular weight is 281 g/mol. The third-order valence-corrected chi connectivity index (χ3v) is 4.77. The number of carbonyl (C=O) groups is 2. The van der Waals surface area contributed by atoms with E-state index in [4.69, 9.17) is 10.8 Å². The molecule has 19 heavy (non-hydrogen) atoms. The van der Waals surface area contributed by atoms with Crippen molar-refractivity contribution in [2.75, 3.05) is 5.73 Å². The number of anilines is 1. The summed E-state index contributed by atoms with van der Waals surface area (Å²) in [6, 6.07) is -0.0411. The normalized spacial score (nSPS) is 28.8. The molecule has 0 saturated carbocycles. The fraction of sp³-hybridized carbons (Fsp3) is 0.583. The number of hydrogen-bond donors (Lipinski definition) is 2. The van der Waals surface area contributed by atoms with Crippen LogP contribution in [0.25, 0.3) is 0 Å². The molecule has 0 aromatic carbocycles. The van der Waals surface area contributed by atoms with Gasteiger partial charge in [0.2, 0.25) is 5.91 Å². The van der Waals surface area contributed by atoms with E-state index in [9.17, 15) is 9.59 Å². The number of amides is 1. The van der Waals surface area contributed by atoms with Gasteiger partial charge < -0.3 is 15.7 Å². The van der Waals surface area contributed by atoms with Gasteiger partial charge in [-0.2, -0.15) is 0 Å². The average Bonchev–Trinajstić information content (AvgIpc) is 3.02. The molecule has 102 valence electrons. The molecule has 3 N–H and O–H groups in total. The van der Waals surface area contributed by atoms with Crippen LogP contribution in [-0.2, 0) is 16.0 Å². The highest BCUT2D eigenvalue weighted by Gasteiger charge is 2.51. The molecule has 0 aliphatic carbocycles. The SMILES string of the molecule is Nc1nc(CC(=O)N2C3CCC2C(C(=O)O)C3)cs1. The molecular formula is C12H15N3O3S. The molecular weight excluding hydrogens is 266 g/mol. The number of carbonyl (C=O) groups excluding carboxylic acids is 1. The summed E-state index contributed by atoms with van der Waals surface area (Å²) in [6.45, 7) is 0. The van der Waals surface area contributed by atoms with Gasteiger partial charge in [-0.05, 0) is 19.3 Å². The van der Waals surface area contributed by atoms with Gasteiger partial charge in [0.15, 0.2) is 5.13 Å². The zero-order valence-electron chi connectivity index (χ0n) is 10.3. The summed E-state index contributed by atoms with van der Waals surface area (Å²) in [6.07, 6.45) is 2.52. The predicted octanol–water partition coefficient (Wildman–Crippen LogP) is 0.732. The fourth-order valence-electron chi connectivity index (χ4n) is 3.29. The van der Waals surface area contributed by atoms with Gasteiger partial charge in [-0.25, -0.2) is 4.98 Å². The highest BCUT2D eigenvalue weighted by molar-refractivity contribution is 7.13. The number of nitrogens with two attached hydrogens (primary N) is 1. The van der Waals surface area contributed by atoms with Gasteiger partial charge in [-0.1, -0.05) is 0 Å². The van der Waals surface area contributed by atoms with Crippen LogP contribution in [0.1, 0.15) is 25.0 Å². The number of carboxylic acid groups (broad SMARTS) is 1. The van der Waals surface area contributed by atoms with E-state index in [1.807, 2.05) is 0 Å². The van der Waals surface area contributed by atoms with Gasteiger partial charge >= 0.3 is 5.97 Å². The Balaban J connectivity index is 1.72. The number of fused-ring (bicyclic) bond motifs is 2. The maximum Gasteiger partial charge on any atom is 0.308 e. The van der Waals surface area contributed by atoms with Crippen LogP contribution in [0.15, 0.2) is 5.38 Å². The molecule has 6 nitrogen and oxygen atoms in total. The molecule has 2 fully saturated rings. The second-order valence-electron chi connectivity index (χ2n) is 5.13. The molecule has 3 heterocycles. The minimum Gasteiger partial charge on any atom is -0.481 e. The quantitative estimate of drug-likeness (QED) is 0.851. The summed E-state index contributed by atoms with van der Waals surface area (Å²) in [4.78, 5) is 29.3. The number of aromatic nitrogens is 1. The fourth-order valence-corrected chi connectivity index (χ4v) is 3.86. The number of nitrogens with zero attached hydrogens (tertiary/aromatic N) is 2. The van der Waals surface area contributed by atoms with Crippen LogP contribution < -0.4 is 5.73 Å². The van der Waals surface area contributed by atoms with E-state index in [2.05, 4.69) is 4.98 Å². The van der Waals surface area contributed by atoms with E-state index < -0.39 is 11.9 Å². The lowest BCUT2D eigenvalue weighted by Crippen LogP contribution is -2.38. The second-order valence-corrected chi connectivity index (χ2v) is 6.02. The molecule has 1 aromatic heterocycles. The lowest BCUT2D eigenvalue weighted by Gasteiger charge is -2.22. The molecule has 3 rings (SSSR count). The third kappa shape index (κ3) is 2.07. The standard InChI is InChI=1S/C12H15N3O3S/c13-12-14-6(5-19-12)3-10(16)15-7-1-2-9(15)8(4-7)11(17)18/h5,7-9H,1-4H2,(H2,13,14)(H,17,18). The number of rotatable bonds is 3. The molecule has 1 amide bonds. The van der Waals surface area contributed by atoms with Gasteiger partial charge in [-0.3, -0.25) is 9.59 Å². The minimum absolute atomic E-state index is 0.0263. The smallest absolute Gasteiger partial charge is 0.308 e. The molecule has 0 spiro atoms. The zero-order chi connectivity index (χ0) is 13.6. The molecule has 7 heteroatoms. The molecule has 0 radical (unpaired) electrons. The van der Waals surface area contributed by atoms with Crippen LogP contribution in [0.2, 0.25) is 0 Å². The van der Waals surface area contributed by atoms with Crippen molar-refractivity contribution in [3.63, 3.8) is 0 Å². The van der Waals surface area contributed by atoms with Crippen molar-refractivity contribution in [3.8, 4) is 0 Å². The van der Waals surface area contributed by atoms with Gasteiger partial charge in [0, 0.05) is 17.5 Å². The monoisotopic (exact) mass is 281 g/mol. The molecule has 2 aliphatic heterocycles. The Labute approximate surface area is 114 Å². The first-order chi connectivity index (χ1) is 9.06. The topological polar surface area (TPSA) is 96.5 Å². The summed E-state index contributed by atoms with van der Waals surface area (Å²) in [5.74, 6) is -1.22.